The summed E-state index contributed by atoms with van der Waals surface area (Å²) in [4.78, 5) is 2.36. The maximum absolute atomic E-state index is 6.05. The fraction of sp³-hybridized carbons (Fsp3) is 0.0233. The van der Waals surface area contributed by atoms with Crippen LogP contribution in [0.25, 0.3) is 54.6 Å². The van der Waals surface area contributed by atoms with Crippen LogP contribution in [0.3, 0.4) is 0 Å². The molecule has 2 nitrogen and oxygen atoms in total. The number of anilines is 3. The Kier molecular flexibility index (Phi) is 7.24. The van der Waals surface area contributed by atoms with Gasteiger partial charge in [-0.3, -0.25) is 0 Å². The second kappa shape index (κ2) is 11.8. The van der Waals surface area contributed by atoms with E-state index in [1.807, 2.05) is 0 Å². The first-order valence-corrected chi connectivity index (χ1v) is 16.2. The van der Waals surface area contributed by atoms with Crippen molar-refractivity contribution in [3.05, 3.63) is 168 Å². The number of nitrogens with zero attached hydrogens (tertiary/aromatic N) is 1. The van der Waals surface area contributed by atoms with Crippen LogP contribution in [0.1, 0.15) is 0 Å². The normalized spacial score (nSPS) is 11.3. The van der Waals surface area contributed by atoms with Crippen LogP contribution in [0, 0.1) is 0 Å². The average molecular weight is 657 g/mol. The molecule has 0 heterocycles. The third kappa shape index (κ3) is 5.09. The summed E-state index contributed by atoms with van der Waals surface area (Å²) >= 11 is 3.59. The Bertz CT molecular complexity index is 2380. The molecule has 0 bridgehead atoms. The lowest BCUT2D eigenvalue weighted by atomic mass is 9.93. The second-order valence-electron chi connectivity index (χ2n) is 11.5. The summed E-state index contributed by atoms with van der Waals surface area (Å²) in [6, 6.07) is 58.5. The maximum atomic E-state index is 6.05. The first-order chi connectivity index (χ1) is 22.7. The van der Waals surface area contributed by atoms with Crippen molar-refractivity contribution >= 4 is 65.3 Å². The zero-order chi connectivity index (χ0) is 31.0. The van der Waals surface area contributed by atoms with E-state index in [4.69, 9.17) is 4.74 Å². The van der Waals surface area contributed by atoms with Gasteiger partial charge in [0, 0.05) is 26.8 Å². The maximum Gasteiger partial charge on any atom is 0.127 e. The monoisotopic (exact) mass is 655 g/mol. The van der Waals surface area contributed by atoms with Gasteiger partial charge in [-0.15, -0.1) is 0 Å². The number of para-hydroxylation sites is 1. The van der Waals surface area contributed by atoms with Crippen molar-refractivity contribution in [3.63, 3.8) is 0 Å². The van der Waals surface area contributed by atoms with Gasteiger partial charge in [-0.2, -0.15) is 0 Å². The van der Waals surface area contributed by atoms with Crippen LogP contribution < -0.4 is 9.64 Å². The van der Waals surface area contributed by atoms with Gasteiger partial charge in [0.25, 0.3) is 0 Å². The fourth-order valence-corrected chi connectivity index (χ4v) is 6.90. The highest BCUT2D eigenvalue weighted by atomic mass is 79.9. The predicted molar refractivity (Wildman–Crippen MR) is 199 cm³/mol. The third-order valence-corrected chi connectivity index (χ3v) is 9.27. The lowest BCUT2D eigenvalue weighted by molar-refractivity contribution is 0.416. The van der Waals surface area contributed by atoms with E-state index in [-0.39, 0.29) is 0 Å². The number of methoxy groups -OCH3 is 1. The van der Waals surface area contributed by atoms with Crippen molar-refractivity contribution in [2.75, 3.05) is 12.0 Å². The molecule has 220 valence electrons. The van der Waals surface area contributed by atoms with E-state index in [0.717, 1.165) is 49.5 Å². The molecule has 8 aromatic carbocycles. The molecular weight excluding hydrogens is 626 g/mol. The molecule has 0 N–H and O–H groups in total. The Hall–Kier alpha value is -5.38. The Balaban J connectivity index is 1.26. The van der Waals surface area contributed by atoms with Crippen molar-refractivity contribution in [1.82, 2.24) is 0 Å². The van der Waals surface area contributed by atoms with Crippen LogP contribution >= 0.6 is 15.9 Å². The van der Waals surface area contributed by atoms with Crippen molar-refractivity contribution in [3.8, 4) is 28.0 Å². The van der Waals surface area contributed by atoms with Gasteiger partial charge >= 0.3 is 0 Å². The lowest BCUT2D eigenvalue weighted by Gasteiger charge is -2.28. The molecule has 0 atom stereocenters. The van der Waals surface area contributed by atoms with E-state index in [1.54, 1.807) is 7.11 Å². The molecule has 0 fully saturated rings. The minimum Gasteiger partial charge on any atom is -0.496 e. The molecule has 0 amide bonds. The van der Waals surface area contributed by atoms with Gasteiger partial charge in [-0.05, 0) is 98.2 Å². The molecule has 0 aliphatic heterocycles. The second-order valence-corrected chi connectivity index (χ2v) is 12.4. The summed E-state index contributed by atoms with van der Waals surface area (Å²) in [7, 11) is 1.76. The third-order valence-electron chi connectivity index (χ3n) is 8.77. The number of rotatable bonds is 6. The summed E-state index contributed by atoms with van der Waals surface area (Å²) in [5, 5.41) is 7.20. The fourth-order valence-electron chi connectivity index (χ4n) is 6.52. The smallest absolute Gasteiger partial charge is 0.127 e. The summed E-state index contributed by atoms with van der Waals surface area (Å²) in [5.41, 5.74) is 7.84. The van der Waals surface area contributed by atoms with E-state index in [2.05, 4.69) is 185 Å². The van der Waals surface area contributed by atoms with Crippen molar-refractivity contribution < 1.29 is 4.74 Å². The molecule has 0 spiro atoms. The van der Waals surface area contributed by atoms with E-state index in [1.165, 1.54) is 32.3 Å². The highest BCUT2D eigenvalue weighted by molar-refractivity contribution is 9.10. The number of halogens is 1. The van der Waals surface area contributed by atoms with E-state index in [0.29, 0.717) is 0 Å². The molecule has 0 saturated carbocycles. The molecule has 0 unspecified atom stereocenters. The van der Waals surface area contributed by atoms with Crippen molar-refractivity contribution in [2.24, 2.45) is 0 Å². The molecule has 3 heteroatoms. The average Bonchev–Trinajstić information content (AvgIpc) is 3.12. The molecule has 46 heavy (non-hydrogen) atoms. The first kappa shape index (κ1) is 28.1. The van der Waals surface area contributed by atoms with Crippen LogP contribution in [0.5, 0.6) is 5.75 Å². The number of hydrogen-bond donors (Lipinski definition) is 0. The molecule has 8 rings (SSSR count). The Labute approximate surface area is 277 Å². The topological polar surface area (TPSA) is 12.5 Å². The lowest BCUT2D eigenvalue weighted by Crippen LogP contribution is -2.10. The zero-order valence-corrected chi connectivity index (χ0v) is 26.9. The molecule has 0 aliphatic carbocycles. The zero-order valence-electron chi connectivity index (χ0n) is 25.3. The molecule has 0 aromatic heterocycles. The molecule has 0 aliphatic rings. The van der Waals surface area contributed by atoms with E-state index < -0.39 is 0 Å². The van der Waals surface area contributed by atoms with Crippen LogP contribution in [0.4, 0.5) is 17.1 Å². The highest BCUT2D eigenvalue weighted by Crippen LogP contribution is 2.44. The largest absolute Gasteiger partial charge is 0.496 e. The quantitative estimate of drug-likeness (QED) is 0.177. The molecule has 8 aromatic rings. The van der Waals surface area contributed by atoms with Crippen molar-refractivity contribution in [1.29, 1.82) is 0 Å². The molecular formula is C43H30BrNO. The Morgan fingerprint density at radius 1 is 0.457 bits per heavy atom. The highest BCUT2D eigenvalue weighted by Gasteiger charge is 2.19. The minimum atomic E-state index is 0.848. The Morgan fingerprint density at radius 2 is 1.09 bits per heavy atom. The van der Waals surface area contributed by atoms with Gasteiger partial charge in [0.05, 0.1) is 12.8 Å². The minimum absolute atomic E-state index is 0.848. The summed E-state index contributed by atoms with van der Waals surface area (Å²) in [6.07, 6.45) is 0. The standard InChI is InChI=1S/C43H30BrNO/c1-46-43-28-34(31-15-16-33-26-35(44)20-17-32(33)25-31)19-22-41(43)39-23-24-42(40-14-8-7-13-38(39)40)45(36-11-3-2-4-12-36)37-21-18-29-9-5-6-10-30(29)27-37/h2-28H,1H3. The van der Waals surface area contributed by atoms with Gasteiger partial charge in [-0.25, -0.2) is 0 Å². The first-order valence-electron chi connectivity index (χ1n) is 15.4. The molecule has 0 saturated heterocycles. The van der Waals surface area contributed by atoms with Crippen molar-refractivity contribution in [2.45, 2.75) is 0 Å². The number of fused-ring (bicyclic) bond motifs is 3. The van der Waals surface area contributed by atoms with Crippen LogP contribution in [-0.4, -0.2) is 7.11 Å². The summed E-state index contributed by atoms with van der Waals surface area (Å²) in [6.45, 7) is 0. The van der Waals surface area contributed by atoms with Crippen LogP contribution in [-0.2, 0) is 0 Å². The summed E-state index contributed by atoms with van der Waals surface area (Å²) < 4.78 is 7.14. The van der Waals surface area contributed by atoms with E-state index in [9.17, 15) is 0 Å². The van der Waals surface area contributed by atoms with Gasteiger partial charge in [0.1, 0.15) is 5.75 Å². The van der Waals surface area contributed by atoms with Gasteiger partial charge in [0.15, 0.2) is 0 Å². The SMILES string of the molecule is COc1cc(-c2ccc3cc(Br)ccc3c2)ccc1-c1ccc(N(c2ccccc2)c2ccc3ccccc3c2)c2ccccc12. The number of ether oxygens (including phenoxy) is 1. The van der Waals surface area contributed by atoms with Crippen LogP contribution in [0.15, 0.2) is 168 Å². The molecule has 0 radical (unpaired) electrons. The van der Waals surface area contributed by atoms with Crippen LogP contribution in [0.2, 0.25) is 0 Å². The van der Waals surface area contributed by atoms with Gasteiger partial charge in [-0.1, -0.05) is 125 Å². The summed E-state index contributed by atoms with van der Waals surface area (Å²) in [5.74, 6) is 0.848. The van der Waals surface area contributed by atoms with E-state index >= 15 is 0 Å². The van der Waals surface area contributed by atoms with Gasteiger partial charge < -0.3 is 9.64 Å². The Morgan fingerprint density at radius 3 is 1.93 bits per heavy atom. The predicted octanol–water partition coefficient (Wildman–Crippen LogP) is 12.7. The number of benzene rings is 8. The van der Waals surface area contributed by atoms with Gasteiger partial charge in [0.2, 0.25) is 0 Å². The number of hydrogen-bond acceptors (Lipinski definition) is 2.